The van der Waals surface area contributed by atoms with Crippen molar-refractivity contribution < 1.29 is 4.74 Å². The van der Waals surface area contributed by atoms with Gasteiger partial charge in [0.15, 0.2) is 0 Å². The molecule has 0 aliphatic carbocycles. The van der Waals surface area contributed by atoms with Crippen LogP contribution in [-0.2, 0) is 0 Å². The summed E-state index contributed by atoms with van der Waals surface area (Å²) in [5.74, 6) is 0.863. The lowest BCUT2D eigenvalue weighted by Crippen LogP contribution is -1.82. The highest BCUT2D eigenvalue weighted by molar-refractivity contribution is 7.11. The number of aromatic nitrogens is 1. The van der Waals surface area contributed by atoms with E-state index in [4.69, 9.17) is 4.74 Å². The number of ether oxygens (including phenoxy) is 1. The monoisotopic (exact) mass is 299 g/mol. The standard InChI is InChI=1S/C16H13NOS2/c1-18-14-5-3-13(4-6-14)15-11-20-16(17-15)7-2-12-8-9-19-10-12/h2-11H,1H3/b7-2+. The number of hydrogen-bond acceptors (Lipinski definition) is 4. The van der Waals surface area contributed by atoms with Gasteiger partial charge in [0.05, 0.1) is 12.8 Å². The van der Waals surface area contributed by atoms with E-state index in [9.17, 15) is 0 Å². The summed E-state index contributed by atoms with van der Waals surface area (Å²) in [6.45, 7) is 0. The lowest BCUT2D eigenvalue weighted by Gasteiger charge is -2.00. The Morgan fingerprint density at radius 3 is 2.60 bits per heavy atom. The van der Waals surface area contributed by atoms with E-state index in [0.717, 1.165) is 22.0 Å². The smallest absolute Gasteiger partial charge is 0.118 e. The topological polar surface area (TPSA) is 22.1 Å². The van der Waals surface area contributed by atoms with E-state index in [1.54, 1.807) is 29.8 Å². The van der Waals surface area contributed by atoms with Crippen LogP contribution in [0.2, 0.25) is 0 Å². The third-order valence-electron chi connectivity index (χ3n) is 2.87. The van der Waals surface area contributed by atoms with E-state index in [1.165, 1.54) is 5.56 Å². The van der Waals surface area contributed by atoms with Crippen molar-refractivity contribution in [2.75, 3.05) is 7.11 Å². The molecule has 20 heavy (non-hydrogen) atoms. The van der Waals surface area contributed by atoms with Gasteiger partial charge >= 0.3 is 0 Å². The van der Waals surface area contributed by atoms with Gasteiger partial charge in [-0.1, -0.05) is 6.08 Å². The Kier molecular flexibility index (Phi) is 3.95. The summed E-state index contributed by atoms with van der Waals surface area (Å²) in [5.41, 5.74) is 3.33. The Labute approximate surface area is 126 Å². The van der Waals surface area contributed by atoms with Crippen molar-refractivity contribution in [2.45, 2.75) is 0 Å². The molecule has 1 aromatic carbocycles. The van der Waals surface area contributed by atoms with Crippen LogP contribution < -0.4 is 4.74 Å². The van der Waals surface area contributed by atoms with Crippen molar-refractivity contribution in [1.82, 2.24) is 4.98 Å². The van der Waals surface area contributed by atoms with Crippen LogP contribution >= 0.6 is 22.7 Å². The first kappa shape index (κ1) is 13.1. The molecule has 0 radical (unpaired) electrons. The summed E-state index contributed by atoms with van der Waals surface area (Å²) in [4.78, 5) is 4.63. The maximum Gasteiger partial charge on any atom is 0.118 e. The van der Waals surface area contributed by atoms with Gasteiger partial charge in [-0.25, -0.2) is 4.98 Å². The van der Waals surface area contributed by atoms with Crippen LogP contribution in [0.3, 0.4) is 0 Å². The summed E-state index contributed by atoms with van der Waals surface area (Å²) in [5, 5.41) is 7.29. The Morgan fingerprint density at radius 1 is 1.05 bits per heavy atom. The van der Waals surface area contributed by atoms with Crippen LogP contribution in [0, 0.1) is 0 Å². The van der Waals surface area contributed by atoms with Gasteiger partial charge in [-0.2, -0.15) is 11.3 Å². The summed E-state index contributed by atoms with van der Waals surface area (Å²) >= 11 is 3.35. The van der Waals surface area contributed by atoms with Crippen molar-refractivity contribution in [3.05, 3.63) is 57.0 Å². The minimum absolute atomic E-state index is 0.863. The van der Waals surface area contributed by atoms with Crippen LogP contribution in [0.5, 0.6) is 5.75 Å². The second kappa shape index (κ2) is 6.03. The first-order valence-electron chi connectivity index (χ1n) is 6.15. The van der Waals surface area contributed by atoms with Crippen molar-refractivity contribution in [2.24, 2.45) is 0 Å². The molecule has 0 amide bonds. The molecule has 0 fully saturated rings. The van der Waals surface area contributed by atoms with E-state index >= 15 is 0 Å². The molecule has 0 unspecified atom stereocenters. The van der Waals surface area contributed by atoms with Crippen molar-refractivity contribution in [3.63, 3.8) is 0 Å². The average Bonchev–Trinajstić information content (AvgIpc) is 3.17. The SMILES string of the molecule is COc1ccc(-c2csc(/C=C/c3ccsc3)n2)cc1. The number of rotatable bonds is 4. The van der Waals surface area contributed by atoms with Gasteiger partial charge in [0.25, 0.3) is 0 Å². The highest BCUT2D eigenvalue weighted by Crippen LogP contribution is 2.25. The number of thiophene rings is 1. The van der Waals surface area contributed by atoms with E-state index in [-0.39, 0.29) is 0 Å². The normalized spacial score (nSPS) is 11.1. The lowest BCUT2D eigenvalue weighted by atomic mass is 10.2. The Bertz CT molecular complexity index is 696. The molecule has 0 atom stereocenters. The zero-order valence-corrected chi connectivity index (χ0v) is 12.6. The van der Waals surface area contributed by atoms with Crippen LogP contribution in [0.4, 0.5) is 0 Å². The molecule has 100 valence electrons. The molecule has 0 saturated heterocycles. The largest absolute Gasteiger partial charge is 0.497 e. The molecule has 3 aromatic rings. The maximum atomic E-state index is 5.16. The number of nitrogens with zero attached hydrogens (tertiary/aromatic N) is 1. The molecule has 2 heterocycles. The van der Waals surface area contributed by atoms with Gasteiger partial charge in [0.1, 0.15) is 10.8 Å². The van der Waals surface area contributed by atoms with Crippen molar-refractivity contribution in [1.29, 1.82) is 0 Å². The molecular weight excluding hydrogens is 286 g/mol. The number of benzene rings is 1. The fourth-order valence-corrected chi connectivity index (χ4v) is 3.14. The zero-order valence-electron chi connectivity index (χ0n) is 10.9. The molecule has 4 heteroatoms. The van der Waals surface area contributed by atoms with E-state index in [1.807, 2.05) is 24.3 Å². The lowest BCUT2D eigenvalue weighted by molar-refractivity contribution is 0.415. The van der Waals surface area contributed by atoms with Gasteiger partial charge in [0, 0.05) is 10.9 Å². The Morgan fingerprint density at radius 2 is 1.90 bits per heavy atom. The fraction of sp³-hybridized carbons (Fsp3) is 0.0625. The second-order valence-corrected chi connectivity index (χ2v) is 5.86. The van der Waals surface area contributed by atoms with Crippen LogP contribution in [-0.4, -0.2) is 12.1 Å². The Balaban J connectivity index is 1.79. The zero-order chi connectivity index (χ0) is 13.8. The molecule has 2 nitrogen and oxygen atoms in total. The molecule has 0 N–H and O–H groups in total. The number of thiazole rings is 1. The molecule has 2 aromatic heterocycles. The molecule has 0 spiro atoms. The minimum Gasteiger partial charge on any atom is -0.497 e. The number of methoxy groups -OCH3 is 1. The maximum absolute atomic E-state index is 5.16. The first-order valence-corrected chi connectivity index (χ1v) is 7.97. The third-order valence-corrected chi connectivity index (χ3v) is 4.38. The quantitative estimate of drug-likeness (QED) is 0.672. The van der Waals surface area contributed by atoms with Gasteiger partial charge in [-0.3, -0.25) is 0 Å². The first-order chi connectivity index (χ1) is 9.85. The predicted octanol–water partition coefficient (Wildman–Crippen LogP) is 5.05. The summed E-state index contributed by atoms with van der Waals surface area (Å²) < 4.78 is 5.16. The molecule has 0 aliphatic heterocycles. The summed E-state index contributed by atoms with van der Waals surface area (Å²) in [6, 6.07) is 10.1. The van der Waals surface area contributed by atoms with Crippen LogP contribution in [0.25, 0.3) is 23.4 Å². The third kappa shape index (κ3) is 2.98. The molecule has 0 saturated carbocycles. The van der Waals surface area contributed by atoms with Gasteiger partial charge in [0.2, 0.25) is 0 Å². The Hall–Kier alpha value is -1.91. The van der Waals surface area contributed by atoms with Crippen molar-refractivity contribution >= 4 is 34.8 Å². The highest BCUT2D eigenvalue weighted by atomic mass is 32.1. The van der Waals surface area contributed by atoms with Gasteiger partial charge < -0.3 is 4.74 Å². The molecule has 3 rings (SSSR count). The van der Waals surface area contributed by atoms with Crippen LogP contribution in [0.1, 0.15) is 10.6 Å². The predicted molar refractivity (Wildman–Crippen MR) is 87.3 cm³/mol. The summed E-state index contributed by atoms with van der Waals surface area (Å²) in [7, 11) is 1.67. The minimum atomic E-state index is 0.863. The fourth-order valence-electron chi connectivity index (χ4n) is 1.80. The molecule has 0 aliphatic rings. The van der Waals surface area contributed by atoms with Crippen LogP contribution in [0.15, 0.2) is 46.5 Å². The number of hydrogen-bond donors (Lipinski definition) is 0. The highest BCUT2D eigenvalue weighted by Gasteiger charge is 2.03. The van der Waals surface area contributed by atoms with Crippen molar-refractivity contribution in [3.8, 4) is 17.0 Å². The van der Waals surface area contributed by atoms with Gasteiger partial charge in [-0.05, 0) is 52.7 Å². The molecular formula is C16H13NOS2. The molecule has 0 bridgehead atoms. The second-order valence-electron chi connectivity index (χ2n) is 4.19. The average molecular weight is 299 g/mol. The van der Waals surface area contributed by atoms with E-state index in [2.05, 4.69) is 39.3 Å². The van der Waals surface area contributed by atoms with E-state index in [0.29, 0.717) is 0 Å². The summed E-state index contributed by atoms with van der Waals surface area (Å²) in [6.07, 6.45) is 4.15. The van der Waals surface area contributed by atoms with E-state index < -0.39 is 0 Å². The van der Waals surface area contributed by atoms with Gasteiger partial charge in [-0.15, -0.1) is 11.3 Å².